The van der Waals surface area contributed by atoms with E-state index in [0.29, 0.717) is 17.8 Å². The number of furan rings is 1. The van der Waals surface area contributed by atoms with Crippen LogP contribution in [0.4, 0.5) is 5.69 Å². The lowest BCUT2D eigenvalue weighted by Crippen LogP contribution is -2.36. The van der Waals surface area contributed by atoms with Gasteiger partial charge in [0.15, 0.2) is 0 Å². The molecule has 1 aliphatic heterocycles. The number of amides is 1. The summed E-state index contributed by atoms with van der Waals surface area (Å²) in [5.41, 5.74) is 1.95. The molecule has 3 aromatic rings. The van der Waals surface area contributed by atoms with E-state index in [1.807, 2.05) is 19.1 Å². The molecular formula is C25H29N3O4S. The van der Waals surface area contributed by atoms with E-state index in [-0.39, 0.29) is 16.8 Å². The largest absolute Gasteiger partial charge is 0.468 e. The van der Waals surface area contributed by atoms with Crippen LogP contribution in [0.3, 0.4) is 0 Å². The van der Waals surface area contributed by atoms with Crippen LogP contribution in [0.25, 0.3) is 0 Å². The van der Waals surface area contributed by atoms with Crippen molar-refractivity contribution in [2.45, 2.75) is 30.7 Å². The number of sulfonamides is 1. The van der Waals surface area contributed by atoms with E-state index in [4.69, 9.17) is 4.42 Å². The Labute approximate surface area is 195 Å². The topological polar surface area (TPSA) is 82.9 Å². The standard InChI is InChI=1S/C25H29N3O4S/c1-19-7-13-22(14-8-19)33(30,31)27(2)21-11-9-20(10-12-21)25(29)26-18-23(24-6-5-17-32-24)28-15-3-4-16-28/h5-14,17,23H,3-4,15-16,18H2,1-2H3,(H,26,29)/t23-/m1/s1. The van der Waals surface area contributed by atoms with E-state index in [0.717, 1.165) is 37.3 Å². The van der Waals surface area contributed by atoms with Crippen molar-refractivity contribution in [3.05, 3.63) is 83.8 Å². The molecule has 0 radical (unpaired) electrons. The van der Waals surface area contributed by atoms with Crippen molar-refractivity contribution >= 4 is 21.6 Å². The molecule has 2 heterocycles. The highest BCUT2D eigenvalue weighted by Crippen LogP contribution is 2.26. The molecule has 2 aromatic carbocycles. The Hall–Kier alpha value is -3.10. The average molecular weight is 468 g/mol. The minimum atomic E-state index is -3.68. The lowest BCUT2D eigenvalue weighted by atomic mass is 10.1. The van der Waals surface area contributed by atoms with E-state index >= 15 is 0 Å². The lowest BCUT2D eigenvalue weighted by Gasteiger charge is -2.26. The highest BCUT2D eigenvalue weighted by Gasteiger charge is 2.26. The van der Waals surface area contributed by atoms with Gasteiger partial charge in [-0.05, 0) is 81.4 Å². The van der Waals surface area contributed by atoms with Crippen molar-refractivity contribution in [2.24, 2.45) is 0 Å². The van der Waals surface area contributed by atoms with Crippen molar-refractivity contribution in [2.75, 3.05) is 31.0 Å². The van der Waals surface area contributed by atoms with Crippen molar-refractivity contribution in [3.8, 4) is 0 Å². The van der Waals surface area contributed by atoms with Gasteiger partial charge in [-0.15, -0.1) is 0 Å². The molecule has 8 heteroatoms. The molecule has 0 unspecified atom stereocenters. The van der Waals surface area contributed by atoms with E-state index in [1.165, 1.54) is 11.4 Å². The maximum Gasteiger partial charge on any atom is 0.264 e. The Morgan fingerprint density at radius 1 is 1.06 bits per heavy atom. The van der Waals surface area contributed by atoms with E-state index in [1.54, 1.807) is 54.8 Å². The molecule has 4 rings (SSSR count). The van der Waals surface area contributed by atoms with Gasteiger partial charge in [0.2, 0.25) is 0 Å². The summed E-state index contributed by atoms with van der Waals surface area (Å²) < 4.78 is 32.7. The number of benzene rings is 2. The van der Waals surface area contributed by atoms with Gasteiger partial charge in [-0.2, -0.15) is 0 Å². The molecule has 33 heavy (non-hydrogen) atoms. The summed E-state index contributed by atoms with van der Waals surface area (Å²) in [6.07, 6.45) is 3.94. The molecule has 1 N–H and O–H groups in total. The molecular weight excluding hydrogens is 438 g/mol. The van der Waals surface area contributed by atoms with Crippen LogP contribution in [0.2, 0.25) is 0 Å². The second kappa shape index (κ2) is 9.80. The first-order chi connectivity index (χ1) is 15.9. The summed E-state index contributed by atoms with van der Waals surface area (Å²) in [7, 11) is -2.17. The number of carbonyl (C=O) groups excluding carboxylic acids is 1. The summed E-state index contributed by atoms with van der Waals surface area (Å²) >= 11 is 0. The fourth-order valence-electron chi connectivity index (χ4n) is 4.07. The molecule has 0 saturated carbocycles. The van der Waals surface area contributed by atoms with Crippen molar-refractivity contribution in [1.29, 1.82) is 0 Å². The number of aryl methyl sites for hydroxylation is 1. The van der Waals surface area contributed by atoms with E-state index in [2.05, 4.69) is 10.2 Å². The van der Waals surface area contributed by atoms with Crippen LogP contribution < -0.4 is 9.62 Å². The van der Waals surface area contributed by atoms with Crippen LogP contribution in [0.1, 0.15) is 40.6 Å². The van der Waals surface area contributed by atoms with E-state index < -0.39 is 10.0 Å². The minimum Gasteiger partial charge on any atom is -0.468 e. The highest BCUT2D eigenvalue weighted by molar-refractivity contribution is 7.92. The number of hydrogen-bond donors (Lipinski definition) is 1. The highest BCUT2D eigenvalue weighted by atomic mass is 32.2. The van der Waals surface area contributed by atoms with Gasteiger partial charge in [0.25, 0.3) is 15.9 Å². The summed E-state index contributed by atoms with van der Waals surface area (Å²) in [6, 6.07) is 17.1. The first-order valence-corrected chi connectivity index (χ1v) is 12.5. The van der Waals surface area contributed by atoms with Gasteiger partial charge in [0, 0.05) is 19.2 Å². The molecule has 0 bridgehead atoms. The van der Waals surface area contributed by atoms with Gasteiger partial charge in [-0.3, -0.25) is 14.0 Å². The number of rotatable bonds is 8. The Bertz CT molecular complexity index is 1170. The van der Waals surface area contributed by atoms with Crippen LogP contribution in [-0.2, 0) is 10.0 Å². The van der Waals surface area contributed by atoms with Gasteiger partial charge in [0.1, 0.15) is 5.76 Å². The average Bonchev–Trinajstić information content (AvgIpc) is 3.54. The lowest BCUT2D eigenvalue weighted by molar-refractivity contribution is 0.0934. The molecule has 1 amide bonds. The molecule has 0 aliphatic carbocycles. The van der Waals surface area contributed by atoms with Crippen LogP contribution in [0.15, 0.2) is 76.2 Å². The molecule has 1 aliphatic rings. The first kappa shape index (κ1) is 23.1. The summed E-state index contributed by atoms with van der Waals surface area (Å²) in [5, 5.41) is 3.00. The predicted molar refractivity (Wildman–Crippen MR) is 128 cm³/mol. The van der Waals surface area contributed by atoms with Gasteiger partial charge < -0.3 is 9.73 Å². The van der Waals surface area contributed by atoms with Crippen LogP contribution in [0.5, 0.6) is 0 Å². The summed E-state index contributed by atoms with van der Waals surface area (Å²) in [5.74, 6) is 0.636. The maximum absolute atomic E-state index is 12.9. The predicted octanol–water partition coefficient (Wildman–Crippen LogP) is 3.98. The van der Waals surface area contributed by atoms with Crippen LogP contribution >= 0.6 is 0 Å². The number of hydrogen-bond acceptors (Lipinski definition) is 5. The van der Waals surface area contributed by atoms with Crippen molar-refractivity contribution in [1.82, 2.24) is 10.2 Å². The molecule has 1 saturated heterocycles. The zero-order valence-corrected chi connectivity index (χ0v) is 19.7. The fourth-order valence-corrected chi connectivity index (χ4v) is 5.26. The Kier molecular flexibility index (Phi) is 6.85. The number of nitrogens with zero attached hydrogens (tertiary/aromatic N) is 2. The fraction of sp³-hybridized carbons (Fsp3) is 0.320. The third kappa shape index (κ3) is 5.12. The van der Waals surface area contributed by atoms with Crippen LogP contribution in [0, 0.1) is 6.92 Å². The second-order valence-corrected chi connectivity index (χ2v) is 10.3. The Morgan fingerprint density at radius 2 is 1.73 bits per heavy atom. The zero-order valence-electron chi connectivity index (χ0n) is 18.9. The molecule has 1 aromatic heterocycles. The summed E-state index contributed by atoms with van der Waals surface area (Å²) in [4.78, 5) is 15.3. The van der Waals surface area contributed by atoms with Crippen molar-refractivity contribution < 1.29 is 17.6 Å². The minimum absolute atomic E-state index is 0.00323. The first-order valence-electron chi connectivity index (χ1n) is 11.1. The number of carbonyl (C=O) groups is 1. The quantitative estimate of drug-likeness (QED) is 0.542. The van der Waals surface area contributed by atoms with Gasteiger partial charge in [0.05, 0.1) is 22.9 Å². The molecule has 174 valence electrons. The Morgan fingerprint density at radius 3 is 2.33 bits per heavy atom. The zero-order chi connectivity index (χ0) is 23.4. The molecule has 7 nitrogen and oxygen atoms in total. The molecule has 1 fully saturated rings. The SMILES string of the molecule is Cc1ccc(S(=O)(=O)N(C)c2ccc(C(=O)NC[C@H](c3ccco3)N3CCCC3)cc2)cc1. The third-order valence-electron chi connectivity index (χ3n) is 6.08. The molecule has 0 spiro atoms. The maximum atomic E-state index is 12.9. The van der Waals surface area contributed by atoms with Gasteiger partial charge in [-0.25, -0.2) is 8.42 Å². The normalized spacial score (nSPS) is 15.3. The summed E-state index contributed by atoms with van der Waals surface area (Å²) in [6.45, 7) is 4.32. The third-order valence-corrected chi connectivity index (χ3v) is 7.88. The second-order valence-electron chi connectivity index (χ2n) is 8.32. The van der Waals surface area contributed by atoms with Gasteiger partial charge >= 0.3 is 0 Å². The van der Waals surface area contributed by atoms with Gasteiger partial charge in [-0.1, -0.05) is 17.7 Å². The van der Waals surface area contributed by atoms with E-state index in [9.17, 15) is 13.2 Å². The van der Waals surface area contributed by atoms with Crippen LogP contribution in [-0.4, -0.2) is 45.9 Å². The number of anilines is 1. The Balaban J connectivity index is 1.43. The monoisotopic (exact) mass is 467 g/mol. The number of nitrogens with one attached hydrogen (secondary N) is 1. The smallest absolute Gasteiger partial charge is 0.264 e. The number of likely N-dealkylation sites (tertiary alicyclic amines) is 1. The molecule has 1 atom stereocenters. The van der Waals surface area contributed by atoms with Crippen molar-refractivity contribution in [3.63, 3.8) is 0 Å².